The van der Waals surface area contributed by atoms with Crippen molar-refractivity contribution in [1.29, 1.82) is 0 Å². The van der Waals surface area contributed by atoms with Gasteiger partial charge in [0.05, 0.1) is 0 Å². The zero-order chi connectivity index (χ0) is 15.5. The Kier molecular flexibility index (Phi) is 5.48. The lowest BCUT2D eigenvalue weighted by Crippen LogP contribution is -2.31. The summed E-state index contributed by atoms with van der Waals surface area (Å²) in [5.74, 6) is 0.888. The first kappa shape index (κ1) is 16.5. The zero-order valence-electron chi connectivity index (χ0n) is 14.6. The zero-order valence-corrected chi connectivity index (χ0v) is 14.6. The van der Waals surface area contributed by atoms with E-state index in [0.29, 0.717) is 17.5 Å². The van der Waals surface area contributed by atoms with Crippen molar-refractivity contribution in [3.8, 4) is 0 Å². The molecule has 1 N–H and O–H groups in total. The summed E-state index contributed by atoms with van der Waals surface area (Å²) >= 11 is 0. The molecule has 21 heavy (non-hydrogen) atoms. The first-order chi connectivity index (χ1) is 9.86. The number of rotatable bonds is 3. The summed E-state index contributed by atoms with van der Waals surface area (Å²) < 4.78 is 0. The van der Waals surface area contributed by atoms with Crippen molar-refractivity contribution in [2.75, 3.05) is 0 Å². The molecule has 0 saturated heterocycles. The van der Waals surface area contributed by atoms with Gasteiger partial charge in [-0.25, -0.2) is 0 Å². The molecule has 118 valence electrons. The smallest absolute Gasteiger partial charge is 0.0294 e. The summed E-state index contributed by atoms with van der Waals surface area (Å²) in [7, 11) is 0. The molecule has 3 unspecified atom stereocenters. The largest absolute Gasteiger partial charge is 0.307 e. The molecule has 1 fully saturated rings. The van der Waals surface area contributed by atoms with Crippen LogP contribution in [0.25, 0.3) is 0 Å². The fourth-order valence-electron chi connectivity index (χ4n) is 3.64. The maximum atomic E-state index is 3.87. The van der Waals surface area contributed by atoms with Crippen LogP contribution >= 0.6 is 0 Å². The molecule has 1 aliphatic rings. The fraction of sp³-hybridized carbons (Fsp3) is 0.700. The molecule has 1 aromatic rings. The van der Waals surface area contributed by atoms with Crippen LogP contribution in [0.4, 0.5) is 0 Å². The van der Waals surface area contributed by atoms with Gasteiger partial charge in [-0.15, -0.1) is 0 Å². The van der Waals surface area contributed by atoms with E-state index in [9.17, 15) is 0 Å². The molecule has 0 spiro atoms. The summed E-state index contributed by atoms with van der Waals surface area (Å²) in [6.07, 6.45) is 6.82. The molecule has 1 nitrogen and oxygen atoms in total. The van der Waals surface area contributed by atoms with Gasteiger partial charge in [-0.1, -0.05) is 57.0 Å². The van der Waals surface area contributed by atoms with Crippen molar-refractivity contribution in [1.82, 2.24) is 5.32 Å². The van der Waals surface area contributed by atoms with Crippen LogP contribution in [0.2, 0.25) is 0 Å². The molecule has 1 aliphatic carbocycles. The van der Waals surface area contributed by atoms with Crippen LogP contribution in [-0.4, -0.2) is 6.04 Å². The normalized spacial score (nSPS) is 25.4. The lowest BCUT2D eigenvalue weighted by molar-refractivity contribution is 0.213. The minimum Gasteiger partial charge on any atom is -0.307 e. The quantitative estimate of drug-likeness (QED) is 0.709. The molecule has 0 aliphatic heterocycles. The Morgan fingerprint density at radius 3 is 2.29 bits per heavy atom. The highest BCUT2D eigenvalue weighted by Crippen LogP contribution is 2.37. The molecular weight excluding hydrogens is 254 g/mol. The van der Waals surface area contributed by atoms with E-state index in [1.54, 1.807) is 0 Å². The van der Waals surface area contributed by atoms with E-state index < -0.39 is 0 Å². The minimum absolute atomic E-state index is 0.460. The highest BCUT2D eigenvalue weighted by atomic mass is 14.9. The molecule has 0 bridgehead atoms. The van der Waals surface area contributed by atoms with Crippen LogP contribution in [0.1, 0.15) is 77.0 Å². The van der Waals surface area contributed by atoms with Crippen molar-refractivity contribution in [2.45, 2.75) is 78.8 Å². The molecule has 0 radical (unpaired) electrons. The van der Waals surface area contributed by atoms with Gasteiger partial charge >= 0.3 is 0 Å². The van der Waals surface area contributed by atoms with E-state index in [2.05, 4.69) is 64.2 Å². The molecule has 1 heteroatoms. The van der Waals surface area contributed by atoms with Crippen molar-refractivity contribution in [2.24, 2.45) is 11.3 Å². The van der Waals surface area contributed by atoms with Crippen LogP contribution in [-0.2, 0) is 0 Å². The Morgan fingerprint density at radius 1 is 1.00 bits per heavy atom. The first-order valence-electron chi connectivity index (χ1n) is 8.69. The topological polar surface area (TPSA) is 12.0 Å². The average molecular weight is 287 g/mol. The van der Waals surface area contributed by atoms with Crippen LogP contribution in [0.3, 0.4) is 0 Å². The van der Waals surface area contributed by atoms with Crippen molar-refractivity contribution in [3.05, 3.63) is 35.4 Å². The van der Waals surface area contributed by atoms with Crippen molar-refractivity contribution < 1.29 is 0 Å². The maximum Gasteiger partial charge on any atom is 0.0294 e. The first-order valence-corrected chi connectivity index (χ1v) is 8.69. The second kappa shape index (κ2) is 6.96. The monoisotopic (exact) mass is 287 g/mol. The van der Waals surface area contributed by atoms with Gasteiger partial charge in [0.1, 0.15) is 0 Å². The van der Waals surface area contributed by atoms with E-state index in [4.69, 9.17) is 0 Å². The number of hydrogen-bond acceptors (Lipinski definition) is 1. The van der Waals surface area contributed by atoms with Gasteiger partial charge in [0.15, 0.2) is 0 Å². The molecule has 0 amide bonds. The minimum atomic E-state index is 0.460. The summed E-state index contributed by atoms with van der Waals surface area (Å²) in [6, 6.07) is 10.1. The second-order valence-electron chi connectivity index (χ2n) is 8.07. The number of hydrogen-bond donors (Lipinski definition) is 1. The third-order valence-corrected chi connectivity index (χ3v) is 5.26. The summed E-state index contributed by atoms with van der Waals surface area (Å²) in [5, 5.41) is 3.87. The molecule has 2 rings (SSSR count). The SMILES string of the molecule is Cc1ccc(C(C)NC2CCCC(C(C)(C)C)CC2)cc1. The van der Waals surface area contributed by atoms with Gasteiger partial charge in [-0.3, -0.25) is 0 Å². The highest BCUT2D eigenvalue weighted by molar-refractivity contribution is 5.23. The Labute approximate surface area is 131 Å². The van der Waals surface area contributed by atoms with Crippen molar-refractivity contribution in [3.63, 3.8) is 0 Å². The van der Waals surface area contributed by atoms with Crippen LogP contribution in [0, 0.1) is 18.3 Å². The maximum absolute atomic E-state index is 3.87. The predicted molar refractivity (Wildman–Crippen MR) is 92.5 cm³/mol. The third-order valence-electron chi connectivity index (χ3n) is 5.26. The number of nitrogens with one attached hydrogen (secondary N) is 1. The number of aryl methyl sites for hydroxylation is 1. The van der Waals surface area contributed by atoms with E-state index in [1.165, 1.54) is 43.2 Å². The Hall–Kier alpha value is -0.820. The van der Waals surface area contributed by atoms with Gasteiger partial charge in [0.2, 0.25) is 0 Å². The van der Waals surface area contributed by atoms with Gasteiger partial charge in [-0.2, -0.15) is 0 Å². The van der Waals surface area contributed by atoms with E-state index in [0.717, 1.165) is 5.92 Å². The third kappa shape index (κ3) is 4.85. The van der Waals surface area contributed by atoms with Crippen LogP contribution in [0.15, 0.2) is 24.3 Å². The Balaban J connectivity index is 1.90. The molecule has 3 atom stereocenters. The molecular formula is C20H33N. The lowest BCUT2D eigenvalue weighted by Gasteiger charge is -2.30. The molecule has 1 aromatic carbocycles. The molecule has 0 heterocycles. The second-order valence-corrected chi connectivity index (χ2v) is 8.07. The van der Waals surface area contributed by atoms with Gasteiger partial charge in [-0.05, 0) is 56.4 Å². The van der Waals surface area contributed by atoms with Crippen LogP contribution in [0.5, 0.6) is 0 Å². The summed E-state index contributed by atoms with van der Waals surface area (Å²) in [5.41, 5.74) is 3.22. The standard InChI is InChI=1S/C20H33N/c1-15-9-11-17(12-10-15)16(2)21-19-8-6-7-18(13-14-19)20(3,4)5/h9-12,16,18-19,21H,6-8,13-14H2,1-5H3. The van der Waals surface area contributed by atoms with E-state index >= 15 is 0 Å². The van der Waals surface area contributed by atoms with Gasteiger partial charge < -0.3 is 5.32 Å². The molecule has 1 saturated carbocycles. The molecule has 0 aromatic heterocycles. The van der Waals surface area contributed by atoms with Crippen LogP contribution < -0.4 is 5.32 Å². The van der Waals surface area contributed by atoms with E-state index in [-0.39, 0.29) is 0 Å². The van der Waals surface area contributed by atoms with Gasteiger partial charge in [0.25, 0.3) is 0 Å². The Morgan fingerprint density at radius 2 is 1.67 bits per heavy atom. The van der Waals surface area contributed by atoms with E-state index in [1.807, 2.05) is 0 Å². The number of benzene rings is 1. The lowest BCUT2D eigenvalue weighted by atomic mass is 9.76. The fourth-order valence-corrected chi connectivity index (χ4v) is 3.64. The van der Waals surface area contributed by atoms with Gasteiger partial charge in [0, 0.05) is 12.1 Å². The van der Waals surface area contributed by atoms with Crippen molar-refractivity contribution >= 4 is 0 Å². The Bertz CT molecular complexity index is 426. The summed E-state index contributed by atoms with van der Waals surface area (Å²) in [6.45, 7) is 11.7. The predicted octanol–water partition coefficient (Wildman–Crippen LogP) is 5.64. The average Bonchev–Trinajstić information content (AvgIpc) is 2.64. The summed E-state index contributed by atoms with van der Waals surface area (Å²) in [4.78, 5) is 0. The highest BCUT2D eigenvalue weighted by Gasteiger charge is 2.28.